The number of hydrogen-bond acceptors (Lipinski definition) is 8. The van der Waals surface area contributed by atoms with Gasteiger partial charge in [-0.1, -0.05) is 63.6 Å². The fourth-order valence-electron chi connectivity index (χ4n) is 8.51. The van der Waals surface area contributed by atoms with Gasteiger partial charge in [0.1, 0.15) is 24.0 Å². The average Bonchev–Trinajstić information content (AvgIpc) is 3.31. The zero-order valence-corrected chi connectivity index (χ0v) is 29.5. The number of carbonyl (C=O) groups excluding carboxylic acids is 5. The number of likely N-dealkylation sites (tertiary alicyclic amines) is 2. The minimum atomic E-state index is -0.907. The van der Waals surface area contributed by atoms with E-state index >= 15 is 0 Å². The second-order valence-electron chi connectivity index (χ2n) is 15.1. The molecule has 5 amide bonds. The molecule has 12 heteroatoms. The zero-order valence-electron chi connectivity index (χ0n) is 28.8. The third-order valence-electron chi connectivity index (χ3n) is 11.0. The minimum absolute atomic E-state index is 0.102. The van der Waals surface area contributed by atoms with Crippen LogP contribution in [0.1, 0.15) is 81.3 Å². The summed E-state index contributed by atoms with van der Waals surface area (Å²) in [5, 5.41) is 15.0. The molecular formula is C38H42ClN5O6. The molecule has 0 bridgehead atoms. The van der Waals surface area contributed by atoms with Gasteiger partial charge in [0, 0.05) is 47.9 Å². The van der Waals surface area contributed by atoms with Crippen molar-refractivity contribution in [1.82, 2.24) is 20.4 Å². The summed E-state index contributed by atoms with van der Waals surface area (Å²) >= 11 is 6.21. The van der Waals surface area contributed by atoms with Gasteiger partial charge in [-0.2, -0.15) is 5.26 Å². The highest BCUT2D eigenvalue weighted by atomic mass is 35.5. The van der Waals surface area contributed by atoms with Crippen molar-refractivity contribution in [2.24, 2.45) is 16.2 Å². The summed E-state index contributed by atoms with van der Waals surface area (Å²) in [4.78, 5) is 66.8. The molecule has 1 saturated carbocycles. The number of ether oxygens (including phenoxy) is 1. The molecule has 0 radical (unpaired) electrons. The molecule has 3 heterocycles. The molecule has 1 atom stereocenters. The molecule has 2 aromatic rings. The molecule has 4 aliphatic rings. The number of rotatable bonds is 8. The van der Waals surface area contributed by atoms with Crippen molar-refractivity contribution in [2.45, 2.75) is 78.0 Å². The van der Waals surface area contributed by atoms with E-state index in [0.29, 0.717) is 54.4 Å². The van der Waals surface area contributed by atoms with Gasteiger partial charge in [0.15, 0.2) is 0 Å². The van der Waals surface area contributed by atoms with E-state index in [1.807, 2.05) is 36.4 Å². The summed E-state index contributed by atoms with van der Waals surface area (Å²) in [5.74, 6) is -1.16. The minimum Gasteiger partial charge on any atom is -0.489 e. The van der Waals surface area contributed by atoms with E-state index in [0.717, 1.165) is 10.5 Å². The van der Waals surface area contributed by atoms with E-state index in [1.54, 1.807) is 18.2 Å². The molecule has 1 aliphatic carbocycles. The Morgan fingerprint density at radius 2 is 1.74 bits per heavy atom. The molecule has 0 aromatic heterocycles. The van der Waals surface area contributed by atoms with Crippen molar-refractivity contribution in [2.75, 3.05) is 19.6 Å². The second-order valence-corrected chi connectivity index (χ2v) is 15.5. The summed E-state index contributed by atoms with van der Waals surface area (Å²) in [6.07, 6.45) is 5.30. The summed E-state index contributed by atoms with van der Waals surface area (Å²) in [5.41, 5.74) is 0.365. The number of halogens is 1. The molecule has 1 spiro atoms. The Bertz CT molecular complexity index is 1790. The molecule has 50 heavy (non-hydrogen) atoms. The van der Waals surface area contributed by atoms with Crippen LogP contribution in [0.2, 0.25) is 5.02 Å². The first-order valence-corrected chi connectivity index (χ1v) is 17.4. The van der Waals surface area contributed by atoms with Crippen LogP contribution in [0, 0.1) is 27.6 Å². The van der Waals surface area contributed by atoms with Crippen molar-refractivity contribution >= 4 is 47.2 Å². The maximum Gasteiger partial charge on any atom is 0.251 e. The molecule has 3 aliphatic heterocycles. The number of carbonyl (C=O) groups is 5. The summed E-state index contributed by atoms with van der Waals surface area (Å²) in [7, 11) is 0. The maximum atomic E-state index is 13.4. The standard InChI is InChI=1S/C38H42ClN5O6/c1-36(2)33(37(3,4)34(36)50-26-12-11-25(22-40)27(39)20-26)42-31(47)24-9-7-23(8-10-24)6-5-17-43-18-15-38(16-19-43)21-30(46)44(35(38)49)28-13-14-29(45)41-32(28)48/h5-12,20,28,33-34H,13-19,21H2,1-4H3,(H,42,47)(H,41,45,48)/b6-5+/t28-,33?,34?/m1/s1. The van der Waals surface area contributed by atoms with Crippen LogP contribution < -0.4 is 15.4 Å². The van der Waals surface area contributed by atoms with Crippen LogP contribution in [-0.2, 0) is 19.2 Å². The van der Waals surface area contributed by atoms with E-state index in [9.17, 15) is 24.0 Å². The van der Waals surface area contributed by atoms with E-state index in [2.05, 4.69) is 49.3 Å². The molecule has 6 rings (SSSR count). The first kappa shape index (κ1) is 35.3. The number of nitriles is 1. The first-order chi connectivity index (χ1) is 23.7. The Kier molecular flexibility index (Phi) is 9.39. The van der Waals surface area contributed by atoms with Crippen LogP contribution in [0.3, 0.4) is 0 Å². The van der Waals surface area contributed by atoms with Gasteiger partial charge < -0.3 is 10.1 Å². The SMILES string of the molecule is CC1(C)C(NC(=O)c2ccc(/C=C/CN3CCC4(CC3)CC(=O)N([C@@H]3CCC(=O)NC3=O)C4=O)cc2)C(C)(C)C1Oc1ccc(C#N)c(Cl)c1. The van der Waals surface area contributed by atoms with Gasteiger partial charge in [-0.25, -0.2) is 0 Å². The predicted molar refractivity (Wildman–Crippen MR) is 186 cm³/mol. The van der Waals surface area contributed by atoms with Crippen molar-refractivity contribution in [3.63, 3.8) is 0 Å². The number of amides is 5. The van der Waals surface area contributed by atoms with E-state index < -0.39 is 17.4 Å². The van der Waals surface area contributed by atoms with Crippen molar-refractivity contribution in [3.8, 4) is 11.8 Å². The van der Waals surface area contributed by atoms with Crippen molar-refractivity contribution in [1.29, 1.82) is 5.26 Å². The average molecular weight is 700 g/mol. The van der Waals surface area contributed by atoms with Crippen LogP contribution >= 0.6 is 11.6 Å². The smallest absolute Gasteiger partial charge is 0.251 e. The molecule has 2 aromatic carbocycles. The summed E-state index contributed by atoms with van der Waals surface area (Å²) in [6, 6.07) is 13.4. The van der Waals surface area contributed by atoms with Crippen molar-refractivity contribution in [3.05, 3.63) is 70.3 Å². The topological polar surface area (TPSA) is 149 Å². The van der Waals surface area contributed by atoms with E-state index in [1.165, 1.54) is 0 Å². The van der Waals surface area contributed by atoms with Crippen LogP contribution in [0.25, 0.3) is 6.08 Å². The van der Waals surface area contributed by atoms with Crippen LogP contribution in [0.5, 0.6) is 5.75 Å². The molecule has 262 valence electrons. The van der Waals surface area contributed by atoms with Gasteiger partial charge in [-0.05, 0) is 62.2 Å². The van der Waals surface area contributed by atoms with Gasteiger partial charge in [-0.15, -0.1) is 0 Å². The van der Waals surface area contributed by atoms with Gasteiger partial charge in [0.05, 0.1) is 16.0 Å². The number of imide groups is 2. The third kappa shape index (κ3) is 6.42. The Morgan fingerprint density at radius 3 is 2.36 bits per heavy atom. The largest absolute Gasteiger partial charge is 0.489 e. The highest BCUT2D eigenvalue weighted by Gasteiger charge is 2.64. The van der Waals surface area contributed by atoms with Gasteiger partial charge in [0.2, 0.25) is 23.6 Å². The number of benzene rings is 2. The molecule has 2 N–H and O–H groups in total. The first-order valence-electron chi connectivity index (χ1n) is 17.0. The molecule has 0 unspecified atom stereocenters. The summed E-state index contributed by atoms with van der Waals surface area (Å²) < 4.78 is 6.33. The van der Waals surface area contributed by atoms with Gasteiger partial charge >= 0.3 is 0 Å². The maximum absolute atomic E-state index is 13.4. The number of piperidine rings is 2. The molecule has 11 nitrogen and oxygen atoms in total. The number of nitrogens with one attached hydrogen (secondary N) is 2. The lowest BCUT2D eigenvalue weighted by Crippen LogP contribution is -2.74. The third-order valence-corrected chi connectivity index (χ3v) is 11.4. The molecule has 4 fully saturated rings. The molecular weight excluding hydrogens is 658 g/mol. The van der Waals surface area contributed by atoms with Gasteiger partial charge in [-0.3, -0.25) is 39.1 Å². The highest BCUT2D eigenvalue weighted by molar-refractivity contribution is 6.31. The quantitative estimate of drug-likeness (QED) is 0.383. The fourth-order valence-corrected chi connectivity index (χ4v) is 8.72. The lowest BCUT2D eigenvalue weighted by atomic mass is 9.49. The Labute approximate surface area is 297 Å². The fraction of sp³-hybridized carbons (Fsp3) is 0.474. The van der Waals surface area contributed by atoms with Crippen LogP contribution in [0.15, 0.2) is 48.5 Å². The van der Waals surface area contributed by atoms with Crippen LogP contribution in [-0.4, -0.2) is 77.2 Å². The predicted octanol–water partition coefficient (Wildman–Crippen LogP) is 4.48. The van der Waals surface area contributed by atoms with Crippen LogP contribution in [0.4, 0.5) is 0 Å². The number of nitrogens with zero attached hydrogens (tertiary/aromatic N) is 3. The monoisotopic (exact) mass is 699 g/mol. The molecule has 3 saturated heterocycles. The number of hydrogen-bond donors (Lipinski definition) is 2. The Hall–Kier alpha value is -4.53. The lowest BCUT2D eigenvalue weighted by molar-refractivity contribution is -0.164. The Balaban J connectivity index is 0.989. The summed E-state index contributed by atoms with van der Waals surface area (Å²) in [6.45, 7) is 10.2. The van der Waals surface area contributed by atoms with E-state index in [4.69, 9.17) is 21.6 Å². The van der Waals surface area contributed by atoms with Gasteiger partial charge in [0.25, 0.3) is 5.91 Å². The normalized spacial score (nSPS) is 25.7. The zero-order chi connectivity index (χ0) is 36.0. The Morgan fingerprint density at radius 1 is 1.06 bits per heavy atom. The lowest BCUT2D eigenvalue weighted by Gasteiger charge is -2.63. The van der Waals surface area contributed by atoms with Crippen molar-refractivity contribution < 1.29 is 28.7 Å². The highest BCUT2D eigenvalue weighted by Crippen LogP contribution is 2.55. The second kappa shape index (κ2) is 13.3. The van der Waals surface area contributed by atoms with E-state index in [-0.39, 0.29) is 65.9 Å².